The number of carbonyl (C=O) groups excluding carboxylic acids is 1. The molecule has 4 aliphatic heterocycles. The van der Waals surface area contributed by atoms with Gasteiger partial charge in [0.25, 0.3) is 0 Å². The molecule has 0 spiro atoms. The molecule has 0 unspecified atom stereocenters. The second kappa shape index (κ2) is 9.01. The molecule has 0 radical (unpaired) electrons. The molecule has 5 heteroatoms. The number of hydrogen-bond acceptors (Lipinski definition) is 3. The number of halogens is 2. The molecule has 232 valence electrons. The van der Waals surface area contributed by atoms with Crippen molar-refractivity contribution in [3.8, 4) is 0 Å². The van der Waals surface area contributed by atoms with Gasteiger partial charge in [-0.25, -0.2) is 8.78 Å². The van der Waals surface area contributed by atoms with Crippen LogP contribution in [-0.2, 0) is 36.7 Å². The largest absolute Gasteiger partial charge is 0.341 e. The summed E-state index contributed by atoms with van der Waals surface area (Å²) in [5, 5.41) is 0. The molecule has 0 amide bonds. The molecule has 6 aromatic rings. The highest BCUT2D eigenvalue weighted by atomic mass is 19.2. The Morgan fingerprint density at radius 2 is 0.542 bits per heavy atom. The van der Waals surface area contributed by atoms with E-state index < -0.39 is 39.5 Å². The fourth-order valence-electron chi connectivity index (χ4n) is 9.61. The van der Waals surface area contributed by atoms with Crippen LogP contribution in [0.25, 0.3) is 0 Å². The summed E-state index contributed by atoms with van der Waals surface area (Å²) in [6.07, 6.45) is 0. The molecule has 0 aromatic heterocycles. The summed E-state index contributed by atoms with van der Waals surface area (Å²) in [5.74, 6) is -1.21. The van der Waals surface area contributed by atoms with Crippen LogP contribution in [0.5, 0.6) is 0 Å². The molecule has 6 aromatic carbocycles. The van der Waals surface area contributed by atoms with E-state index in [2.05, 4.69) is 0 Å². The minimum Gasteiger partial charge on any atom is -0.341 e. The summed E-state index contributed by atoms with van der Waals surface area (Å²) in [6.45, 7) is 0. The number of ketones is 1. The quantitative estimate of drug-likeness (QED) is 0.196. The van der Waals surface area contributed by atoms with Crippen LogP contribution in [0.3, 0.4) is 0 Å². The lowest BCUT2D eigenvalue weighted by molar-refractivity contribution is -0.360. The van der Waals surface area contributed by atoms with Crippen molar-refractivity contribution in [3.05, 3.63) is 214 Å². The average Bonchev–Trinajstić information content (AvgIpc) is 3.65. The van der Waals surface area contributed by atoms with Gasteiger partial charge in [0.1, 0.15) is 0 Å². The van der Waals surface area contributed by atoms with E-state index in [9.17, 15) is 0 Å². The molecule has 48 heavy (non-hydrogen) atoms. The Balaban J connectivity index is 1.50. The SMILES string of the molecule is O=C1C2(F)[C@]3(c4ccccc4)O[C@@](c4ccccc4)(c4ccccc43)C1(F)[C@@]1(c3ccccc3)O[C@]2(c2ccccc2)c2ccccc21. The molecule has 3 nitrogen and oxygen atoms in total. The second-order valence-electron chi connectivity index (χ2n) is 13.1. The van der Waals surface area contributed by atoms with Gasteiger partial charge in [0.2, 0.25) is 17.1 Å². The summed E-state index contributed by atoms with van der Waals surface area (Å²) in [6, 6.07) is 50.0. The molecule has 4 aliphatic rings. The zero-order chi connectivity index (χ0) is 32.4. The van der Waals surface area contributed by atoms with Crippen molar-refractivity contribution >= 4 is 5.78 Å². The number of benzene rings is 6. The van der Waals surface area contributed by atoms with E-state index in [-0.39, 0.29) is 0 Å². The lowest BCUT2D eigenvalue weighted by Gasteiger charge is -2.65. The third kappa shape index (κ3) is 2.62. The van der Waals surface area contributed by atoms with E-state index in [1.807, 2.05) is 24.3 Å². The van der Waals surface area contributed by atoms with E-state index in [0.29, 0.717) is 44.5 Å². The molecule has 4 atom stereocenters. The number of fused-ring (bicyclic) bond motifs is 16. The lowest BCUT2D eigenvalue weighted by Crippen LogP contribution is -2.84. The van der Waals surface area contributed by atoms with Crippen molar-refractivity contribution < 1.29 is 23.0 Å². The number of rotatable bonds is 4. The molecule has 0 aliphatic carbocycles. The minimum atomic E-state index is -3.15. The fraction of sp³-hybridized carbons (Fsp3) is 0.140. The molecule has 10 rings (SSSR count). The fourth-order valence-corrected chi connectivity index (χ4v) is 9.61. The molecule has 0 saturated carbocycles. The highest BCUT2D eigenvalue weighted by Crippen LogP contribution is 2.81. The van der Waals surface area contributed by atoms with Gasteiger partial charge in [-0.1, -0.05) is 170 Å². The third-order valence-corrected chi connectivity index (χ3v) is 11.3. The summed E-state index contributed by atoms with van der Waals surface area (Å²) in [5.41, 5.74) is -11.6. The maximum absolute atomic E-state index is 20.2. The van der Waals surface area contributed by atoms with Crippen molar-refractivity contribution in [1.82, 2.24) is 0 Å². The first-order chi connectivity index (χ1) is 23.4. The summed E-state index contributed by atoms with van der Waals surface area (Å²) in [7, 11) is 0. The van der Waals surface area contributed by atoms with E-state index in [1.165, 1.54) is 0 Å². The predicted octanol–water partition coefficient (Wildman–Crippen LogP) is 8.43. The van der Waals surface area contributed by atoms with Crippen molar-refractivity contribution in [3.63, 3.8) is 0 Å². The smallest absolute Gasteiger partial charge is 0.246 e. The summed E-state index contributed by atoms with van der Waals surface area (Å²) in [4.78, 5) is 16.1. The number of Topliss-reactive ketones (excluding diaryl/α,β-unsaturated/α-hetero) is 1. The van der Waals surface area contributed by atoms with Gasteiger partial charge < -0.3 is 9.47 Å². The Kier molecular flexibility index (Phi) is 5.23. The zero-order valence-electron chi connectivity index (χ0n) is 25.6. The normalized spacial score (nSPS) is 33.6. The number of hydrogen-bond donors (Lipinski definition) is 0. The Labute approximate surface area is 276 Å². The van der Waals surface area contributed by atoms with Gasteiger partial charge >= 0.3 is 0 Å². The van der Waals surface area contributed by atoms with Gasteiger partial charge in [-0.05, 0) is 44.5 Å². The van der Waals surface area contributed by atoms with Crippen LogP contribution in [0, 0.1) is 0 Å². The van der Waals surface area contributed by atoms with Gasteiger partial charge in [0, 0.05) is 0 Å². The predicted molar refractivity (Wildman–Crippen MR) is 177 cm³/mol. The number of carbonyl (C=O) groups is 1. The Bertz CT molecular complexity index is 1950. The van der Waals surface area contributed by atoms with Gasteiger partial charge in [-0.3, -0.25) is 4.79 Å². The zero-order valence-corrected chi connectivity index (χ0v) is 25.6. The highest BCUT2D eigenvalue weighted by Gasteiger charge is 2.97. The van der Waals surface area contributed by atoms with Gasteiger partial charge in [-0.15, -0.1) is 0 Å². The van der Waals surface area contributed by atoms with Crippen LogP contribution in [0.1, 0.15) is 44.5 Å². The van der Waals surface area contributed by atoms with Crippen molar-refractivity contribution in [2.75, 3.05) is 0 Å². The van der Waals surface area contributed by atoms with Crippen LogP contribution in [0.4, 0.5) is 8.78 Å². The van der Waals surface area contributed by atoms with Crippen molar-refractivity contribution in [2.45, 2.75) is 33.7 Å². The lowest BCUT2D eigenvalue weighted by atomic mass is 9.53. The molecule has 6 bridgehead atoms. The van der Waals surface area contributed by atoms with E-state index in [4.69, 9.17) is 9.47 Å². The maximum Gasteiger partial charge on any atom is 0.246 e. The summed E-state index contributed by atoms with van der Waals surface area (Å²) < 4.78 is 55.2. The first-order valence-corrected chi connectivity index (χ1v) is 16.2. The van der Waals surface area contributed by atoms with Crippen LogP contribution in [0.15, 0.2) is 170 Å². The molecule has 2 saturated heterocycles. The van der Waals surface area contributed by atoms with Gasteiger partial charge in [-0.2, -0.15) is 0 Å². The van der Waals surface area contributed by atoms with E-state index in [1.54, 1.807) is 146 Å². The Morgan fingerprint density at radius 3 is 0.771 bits per heavy atom. The van der Waals surface area contributed by atoms with Crippen molar-refractivity contribution in [1.29, 1.82) is 0 Å². The van der Waals surface area contributed by atoms with Gasteiger partial charge in [0.05, 0.1) is 0 Å². The first-order valence-electron chi connectivity index (χ1n) is 16.2. The summed E-state index contributed by atoms with van der Waals surface area (Å²) >= 11 is 0. The van der Waals surface area contributed by atoms with E-state index >= 15 is 13.6 Å². The molecular weight excluding hydrogens is 602 g/mol. The van der Waals surface area contributed by atoms with Crippen LogP contribution < -0.4 is 0 Å². The Morgan fingerprint density at radius 1 is 0.333 bits per heavy atom. The molecule has 0 N–H and O–H groups in total. The van der Waals surface area contributed by atoms with Crippen LogP contribution in [-0.4, -0.2) is 17.1 Å². The van der Waals surface area contributed by atoms with E-state index in [0.717, 1.165) is 0 Å². The standard InChI is InChI=1S/C43H28F2O3/c44-42-37(46)43(45,40(31-21-9-3-10-22-31)34-26-14-13-25-33(34)38(42,47-40)29-17-5-1-6-18-29)41(32-23-11-4-12-24-32)36-28-16-15-27-35(36)39(42,48-41)30-19-7-2-8-20-30/h1-28H/t38-,39-,40+,41+,42?,43?. The second-order valence-corrected chi connectivity index (χ2v) is 13.1. The molecular formula is C43H28F2O3. The average molecular weight is 631 g/mol. The number of alkyl halides is 2. The van der Waals surface area contributed by atoms with Crippen LogP contribution >= 0.6 is 0 Å². The third-order valence-electron chi connectivity index (χ3n) is 11.3. The highest BCUT2D eigenvalue weighted by molar-refractivity contribution is 6.07. The molecule has 2 fully saturated rings. The number of ether oxygens (including phenoxy) is 2. The van der Waals surface area contributed by atoms with Gasteiger partial charge in [0.15, 0.2) is 22.4 Å². The van der Waals surface area contributed by atoms with Crippen LogP contribution in [0.2, 0.25) is 0 Å². The first kappa shape index (κ1) is 27.8. The molecule has 4 heterocycles. The minimum absolute atomic E-state index is 0.391. The topological polar surface area (TPSA) is 35.5 Å². The van der Waals surface area contributed by atoms with Crippen molar-refractivity contribution in [2.24, 2.45) is 0 Å². The monoisotopic (exact) mass is 630 g/mol. The Hall–Kier alpha value is -5.23. The maximum atomic E-state index is 20.2.